The van der Waals surface area contributed by atoms with Crippen molar-refractivity contribution in [2.75, 3.05) is 7.05 Å². The lowest BCUT2D eigenvalue weighted by atomic mass is 11.6. The van der Waals surface area contributed by atoms with Gasteiger partial charge in [0.2, 0.25) is 0 Å². The summed E-state index contributed by atoms with van der Waals surface area (Å²) in [6.45, 7) is 1.24. The highest BCUT2D eigenvalue weighted by Crippen LogP contribution is 2.24. The van der Waals surface area contributed by atoms with Crippen LogP contribution in [0.1, 0.15) is 0 Å². The number of halogens is 3. The van der Waals surface area contributed by atoms with Crippen molar-refractivity contribution in [1.82, 2.24) is 4.98 Å². The fourth-order valence-electron chi connectivity index (χ4n) is 0.253. The third-order valence-electron chi connectivity index (χ3n) is 0.870. The second-order valence-electron chi connectivity index (χ2n) is 1.79. The molecule has 0 aromatic carbocycles. The van der Waals surface area contributed by atoms with Crippen molar-refractivity contribution in [2.24, 2.45) is 0 Å². The molecule has 0 heterocycles. The molecule has 0 aromatic heterocycles. The predicted molar refractivity (Wildman–Crippen MR) is 36.7 cm³/mol. The summed E-state index contributed by atoms with van der Waals surface area (Å²) in [7, 11) is -6.23. The Kier molecular flexibility index (Phi) is 3.69. The Hall–Kier alpha value is -0.123. The molecule has 0 aliphatic rings. The Morgan fingerprint density at radius 3 is 2.08 bits per heavy atom. The molecule has 0 unspecified atom stereocenters. The van der Waals surface area contributed by atoms with Gasteiger partial charge in [0.25, 0.3) is 0 Å². The molecule has 1 N–H and O–H groups in total. The van der Waals surface area contributed by atoms with Gasteiger partial charge in [-0.3, -0.25) is 3.87 Å². The van der Waals surface area contributed by atoms with Crippen molar-refractivity contribution < 1.29 is 25.5 Å². The summed E-state index contributed by atoms with van der Waals surface area (Å²) in [4.78, 5) is 2.29. The van der Waals surface area contributed by atoms with E-state index in [1.165, 1.54) is 13.6 Å². The predicted octanol–water partition coefficient (Wildman–Crippen LogP) is 0.190. The topological polar surface area (TPSA) is 55.4 Å². The van der Waals surface area contributed by atoms with E-state index in [2.05, 4.69) is 8.85 Å². The number of alkyl halides is 3. The van der Waals surface area contributed by atoms with Crippen LogP contribution in [-0.2, 0) is 14.0 Å². The molecule has 1 radical (unpaired) electrons. The average Bonchev–Trinajstić information content (AvgIpc) is 1.84. The van der Waals surface area contributed by atoms with Gasteiger partial charge in [0.05, 0.1) is 0 Å². The Morgan fingerprint density at radius 2 is 1.83 bits per heavy atom. The Morgan fingerprint density at radius 1 is 1.42 bits per heavy atom. The monoisotopic (exact) mass is 222 g/mol. The van der Waals surface area contributed by atoms with Crippen LogP contribution in [-0.4, -0.2) is 30.2 Å². The van der Waals surface area contributed by atoms with E-state index >= 15 is 0 Å². The van der Waals surface area contributed by atoms with Crippen molar-refractivity contribution in [3.63, 3.8) is 0 Å². The van der Waals surface area contributed by atoms with E-state index in [0.717, 1.165) is 0 Å². The standard InChI is InChI=1S/C3H7F3NO3SSi/c1-7-12(2)10-11(8,9)3(4,5)6/h7H,1-2H3. The van der Waals surface area contributed by atoms with Gasteiger partial charge in [-0.25, -0.2) is 0 Å². The smallest absolute Gasteiger partial charge is 0.318 e. The molecule has 0 bridgehead atoms. The summed E-state index contributed by atoms with van der Waals surface area (Å²) in [5.74, 6) is 0. The molecule has 0 saturated carbocycles. The minimum absolute atomic E-state index is 1.24. The molecule has 9 heteroatoms. The Balaban J connectivity index is 4.46. The van der Waals surface area contributed by atoms with Crippen LogP contribution in [0.3, 0.4) is 0 Å². The molecule has 4 nitrogen and oxygen atoms in total. The average molecular weight is 222 g/mol. The minimum atomic E-state index is -5.43. The summed E-state index contributed by atoms with van der Waals surface area (Å²) in [5.41, 5.74) is -5.34. The van der Waals surface area contributed by atoms with Gasteiger partial charge >= 0.3 is 24.8 Å². The van der Waals surface area contributed by atoms with Gasteiger partial charge in [-0.1, -0.05) is 0 Å². The van der Waals surface area contributed by atoms with Gasteiger partial charge in [-0.2, -0.15) is 21.6 Å². The molecule has 0 amide bonds. The van der Waals surface area contributed by atoms with E-state index in [1.807, 2.05) is 0 Å². The van der Waals surface area contributed by atoms with Crippen LogP contribution in [0.2, 0.25) is 6.55 Å². The Bertz CT molecular complexity index is 238. The largest absolute Gasteiger partial charge is 0.522 e. The normalized spacial score (nSPS) is 13.8. The van der Waals surface area contributed by atoms with Crippen LogP contribution in [0.5, 0.6) is 0 Å². The third kappa shape index (κ3) is 3.09. The maximum Gasteiger partial charge on any atom is 0.522 e. The number of rotatable bonds is 3. The van der Waals surface area contributed by atoms with Gasteiger partial charge in [0.15, 0.2) is 0 Å². The van der Waals surface area contributed by atoms with Gasteiger partial charge in [-0.15, -0.1) is 0 Å². The van der Waals surface area contributed by atoms with E-state index in [-0.39, 0.29) is 0 Å². The summed E-state index contributed by atoms with van der Waals surface area (Å²) in [6, 6.07) is 0. The van der Waals surface area contributed by atoms with Crippen LogP contribution in [0, 0.1) is 0 Å². The second-order valence-corrected chi connectivity index (χ2v) is 5.44. The van der Waals surface area contributed by atoms with Crippen molar-refractivity contribution in [2.45, 2.75) is 12.1 Å². The molecule has 0 aliphatic heterocycles. The summed E-state index contributed by atoms with van der Waals surface area (Å²) in [6.07, 6.45) is 0. The van der Waals surface area contributed by atoms with Crippen LogP contribution >= 0.6 is 0 Å². The number of hydrogen-bond donors (Lipinski definition) is 1. The molecular formula is C3H7F3NO3SSi. The third-order valence-corrected chi connectivity index (χ3v) is 4.02. The lowest BCUT2D eigenvalue weighted by molar-refractivity contribution is -0.0502. The molecule has 12 heavy (non-hydrogen) atoms. The van der Waals surface area contributed by atoms with Crippen LogP contribution < -0.4 is 4.98 Å². The highest BCUT2D eigenvalue weighted by atomic mass is 32.2. The molecule has 0 rings (SSSR count). The lowest BCUT2D eigenvalue weighted by Crippen LogP contribution is -2.38. The first-order valence-corrected chi connectivity index (χ1v) is 6.04. The van der Waals surface area contributed by atoms with Gasteiger partial charge in [0, 0.05) is 0 Å². The number of hydrogen-bond acceptors (Lipinski definition) is 4. The van der Waals surface area contributed by atoms with Crippen molar-refractivity contribution in [1.29, 1.82) is 0 Å². The summed E-state index contributed by atoms with van der Waals surface area (Å²) >= 11 is 0. The van der Waals surface area contributed by atoms with Gasteiger partial charge < -0.3 is 4.98 Å². The molecule has 0 saturated heterocycles. The van der Waals surface area contributed by atoms with Crippen molar-refractivity contribution in [3.05, 3.63) is 0 Å². The first kappa shape index (κ1) is 11.9. The molecular weight excluding hydrogens is 215 g/mol. The van der Waals surface area contributed by atoms with E-state index in [4.69, 9.17) is 0 Å². The Labute approximate surface area is 69.6 Å². The molecule has 0 atom stereocenters. The molecule has 0 aliphatic carbocycles. The van der Waals surface area contributed by atoms with Gasteiger partial charge in [-0.05, 0) is 13.6 Å². The minimum Gasteiger partial charge on any atom is -0.318 e. The zero-order valence-corrected chi connectivity index (χ0v) is 8.08. The fraction of sp³-hybridized carbons (Fsp3) is 1.00. The van der Waals surface area contributed by atoms with Crippen LogP contribution in [0.25, 0.3) is 0 Å². The van der Waals surface area contributed by atoms with Crippen LogP contribution in [0.15, 0.2) is 0 Å². The number of nitrogens with one attached hydrogen (secondary N) is 1. The lowest BCUT2D eigenvalue weighted by Gasteiger charge is -2.11. The van der Waals surface area contributed by atoms with E-state index < -0.39 is 24.8 Å². The molecule has 73 valence electrons. The summed E-state index contributed by atoms with van der Waals surface area (Å²) in [5, 5.41) is 0. The van der Waals surface area contributed by atoms with Crippen LogP contribution in [0.4, 0.5) is 13.2 Å². The molecule has 0 aromatic rings. The van der Waals surface area contributed by atoms with E-state index in [1.54, 1.807) is 0 Å². The molecule has 0 spiro atoms. The van der Waals surface area contributed by atoms with Gasteiger partial charge in [0.1, 0.15) is 0 Å². The quantitative estimate of drug-likeness (QED) is 0.547. The SMILES string of the molecule is CN[Si](C)OS(=O)(=O)C(F)(F)F. The van der Waals surface area contributed by atoms with E-state index in [0.29, 0.717) is 0 Å². The maximum atomic E-state index is 11.6. The first-order chi connectivity index (χ1) is 5.20. The van der Waals surface area contributed by atoms with Crippen molar-refractivity contribution in [3.8, 4) is 0 Å². The highest BCUT2D eigenvalue weighted by molar-refractivity contribution is 7.88. The summed E-state index contributed by atoms with van der Waals surface area (Å²) < 4.78 is 59.1. The first-order valence-electron chi connectivity index (χ1n) is 2.73. The maximum absolute atomic E-state index is 11.6. The van der Waals surface area contributed by atoms with Crippen molar-refractivity contribution >= 4 is 19.3 Å². The van der Waals surface area contributed by atoms with E-state index in [9.17, 15) is 21.6 Å². The molecule has 0 fully saturated rings. The zero-order valence-electron chi connectivity index (χ0n) is 6.27. The second kappa shape index (κ2) is 3.73. The fourth-order valence-corrected chi connectivity index (χ4v) is 2.28. The highest BCUT2D eigenvalue weighted by Gasteiger charge is 2.48. The zero-order chi connectivity index (χ0) is 9.99.